The summed E-state index contributed by atoms with van der Waals surface area (Å²) < 4.78 is 43.5. The molecule has 1 heterocycles. The summed E-state index contributed by atoms with van der Waals surface area (Å²) in [5, 5.41) is 12.7. The molecule has 4 N–H and O–H groups in total. The summed E-state index contributed by atoms with van der Waals surface area (Å²) in [4.78, 5) is 49.1. The van der Waals surface area contributed by atoms with E-state index in [2.05, 4.69) is 36.2 Å². The van der Waals surface area contributed by atoms with E-state index in [9.17, 15) is 27.6 Å². The average molecular weight is 686 g/mol. The number of hydrogen-bond acceptors (Lipinski definition) is 10. The molecule has 0 radical (unpaired) electrons. The van der Waals surface area contributed by atoms with Gasteiger partial charge >= 0.3 is 12.2 Å². The second-order valence-electron chi connectivity index (χ2n) is 12.5. The summed E-state index contributed by atoms with van der Waals surface area (Å²) in [6.45, 7) is 4.86. The summed E-state index contributed by atoms with van der Waals surface area (Å²) in [5.41, 5.74) is 0.743. The number of rotatable bonds is 15. The lowest BCUT2D eigenvalue weighted by Crippen LogP contribution is -2.42. The minimum Gasteiger partial charge on any atom is -0.454 e. The quantitative estimate of drug-likeness (QED) is 0.114. The van der Waals surface area contributed by atoms with Crippen LogP contribution in [0, 0.1) is 5.41 Å². The maximum Gasteiger partial charge on any atom is 0.422 e. The number of carbonyl (C=O) groups excluding carboxylic acids is 1. The molecule has 0 spiro atoms. The van der Waals surface area contributed by atoms with Crippen molar-refractivity contribution in [2.45, 2.75) is 58.2 Å². The van der Waals surface area contributed by atoms with Gasteiger partial charge in [0, 0.05) is 34.9 Å². The highest BCUT2D eigenvalue weighted by Crippen LogP contribution is 2.48. The molecule has 3 aromatic carbocycles. The van der Waals surface area contributed by atoms with Crippen molar-refractivity contribution >= 4 is 40.8 Å². The smallest absolute Gasteiger partial charge is 0.422 e. The Kier molecular flexibility index (Phi) is 9.94. The first kappa shape index (κ1) is 34.6. The lowest BCUT2D eigenvalue weighted by atomic mass is 9.92. The molecular formula is C33H35ClF3N7O4. The highest BCUT2D eigenvalue weighted by molar-refractivity contribution is 6.30. The highest BCUT2D eigenvalue weighted by Gasteiger charge is 2.45. The van der Waals surface area contributed by atoms with E-state index in [0.29, 0.717) is 40.5 Å². The van der Waals surface area contributed by atoms with Crippen molar-refractivity contribution in [1.82, 2.24) is 20.3 Å². The molecule has 1 aliphatic carbocycles. The van der Waals surface area contributed by atoms with Crippen molar-refractivity contribution in [3.8, 4) is 6.01 Å². The number of ether oxygens (including phenoxy) is 1. The van der Waals surface area contributed by atoms with Gasteiger partial charge in [0.05, 0.1) is 11.2 Å². The van der Waals surface area contributed by atoms with Gasteiger partial charge in [-0.25, -0.2) is 0 Å². The van der Waals surface area contributed by atoms with Crippen LogP contribution in [0.15, 0.2) is 58.1 Å². The second kappa shape index (κ2) is 13.8. The zero-order valence-corrected chi connectivity index (χ0v) is 27.3. The van der Waals surface area contributed by atoms with Gasteiger partial charge < -0.3 is 26.0 Å². The van der Waals surface area contributed by atoms with Gasteiger partial charge in [-0.3, -0.25) is 14.4 Å². The third kappa shape index (κ3) is 8.59. The number of amides is 1. The van der Waals surface area contributed by atoms with Gasteiger partial charge in [0.1, 0.15) is 0 Å². The molecule has 254 valence electrons. The van der Waals surface area contributed by atoms with Gasteiger partial charge in [0.25, 0.3) is 5.91 Å². The standard InChI is InChI=1S/C33H35ClF3N7O4/c1-4-5-23-24(26(46)25(23)45)38-16-31(2,3)17-39-27(47)19-6-12-22(13-7-19)40-28-41-29(43-30(42-28)48-18-33(35,36)37)44-32(14-15-32)20-8-10-21(34)11-9-20/h6-13,38H,4-5,14-18H2,1-3H3,(H,39,47)(H2,40,41,42,43,44). The van der Waals surface area contributed by atoms with Crippen LogP contribution in [0.4, 0.5) is 36.4 Å². The molecule has 1 aliphatic rings. The summed E-state index contributed by atoms with van der Waals surface area (Å²) in [6, 6.07) is 13.1. The Morgan fingerprint density at radius 3 is 2.23 bits per heavy atom. The van der Waals surface area contributed by atoms with Gasteiger partial charge in [-0.2, -0.15) is 28.1 Å². The van der Waals surface area contributed by atoms with Crippen molar-refractivity contribution in [1.29, 1.82) is 0 Å². The topological polar surface area (TPSA) is 147 Å². The monoisotopic (exact) mass is 685 g/mol. The van der Waals surface area contributed by atoms with Crippen molar-refractivity contribution in [2.24, 2.45) is 5.41 Å². The van der Waals surface area contributed by atoms with Crippen LogP contribution in [0.2, 0.25) is 5.02 Å². The number of benzene rings is 2. The van der Waals surface area contributed by atoms with Crippen LogP contribution in [0.5, 0.6) is 6.01 Å². The lowest BCUT2D eigenvalue weighted by Gasteiger charge is -2.27. The van der Waals surface area contributed by atoms with E-state index in [0.717, 1.165) is 24.8 Å². The molecule has 4 aromatic rings. The van der Waals surface area contributed by atoms with E-state index in [1.54, 1.807) is 36.4 Å². The van der Waals surface area contributed by atoms with Crippen LogP contribution in [0.1, 0.15) is 61.5 Å². The molecule has 0 bridgehead atoms. The minimum atomic E-state index is -4.59. The van der Waals surface area contributed by atoms with E-state index in [4.69, 9.17) is 16.3 Å². The molecule has 11 nitrogen and oxygen atoms in total. The SMILES string of the molecule is CCCc1c(NCC(C)(C)CNC(=O)c2ccc(Nc3nc(NC4(c5ccc(Cl)cc5)CC4)nc(OCC(F)(F)F)n3)cc2)c(=O)c1=O. The molecule has 0 saturated heterocycles. The van der Waals surface area contributed by atoms with Gasteiger partial charge in [0.15, 0.2) is 6.61 Å². The zero-order chi connectivity index (χ0) is 34.7. The van der Waals surface area contributed by atoms with Gasteiger partial charge in [-0.1, -0.05) is 50.9 Å². The number of nitrogens with one attached hydrogen (secondary N) is 4. The fourth-order valence-corrected chi connectivity index (χ4v) is 5.16. The Hall–Kier alpha value is -4.72. The second-order valence-corrected chi connectivity index (χ2v) is 13.0. The van der Waals surface area contributed by atoms with E-state index >= 15 is 0 Å². The number of nitrogens with zero attached hydrogens (tertiary/aromatic N) is 3. The van der Waals surface area contributed by atoms with Crippen molar-refractivity contribution in [3.05, 3.63) is 90.7 Å². The first-order chi connectivity index (χ1) is 22.7. The normalized spacial score (nSPS) is 14.0. The average Bonchev–Trinajstić information content (AvgIpc) is 3.82. The maximum atomic E-state index is 12.9. The lowest BCUT2D eigenvalue weighted by molar-refractivity contribution is -0.154. The minimum absolute atomic E-state index is 0.0244. The molecule has 0 unspecified atom stereocenters. The van der Waals surface area contributed by atoms with E-state index in [1.165, 1.54) is 0 Å². The molecule has 1 saturated carbocycles. The van der Waals surface area contributed by atoms with Crippen LogP contribution in [-0.2, 0) is 12.0 Å². The number of aromatic nitrogens is 3. The molecule has 1 amide bonds. The molecule has 1 aromatic heterocycles. The molecule has 15 heteroatoms. The fourth-order valence-electron chi connectivity index (χ4n) is 5.03. The Balaban J connectivity index is 1.22. The first-order valence-corrected chi connectivity index (χ1v) is 15.8. The van der Waals surface area contributed by atoms with Gasteiger partial charge in [-0.15, -0.1) is 0 Å². The van der Waals surface area contributed by atoms with E-state index < -0.39 is 40.6 Å². The molecule has 0 atom stereocenters. The van der Waals surface area contributed by atoms with Crippen molar-refractivity contribution in [2.75, 3.05) is 35.6 Å². The predicted molar refractivity (Wildman–Crippen MR) is 177 cm³/mol. The predicted octanol–water partition coefficient (Wildman–Crippen LogP) is 5.73. The number of carbonyl (C=O) groups is 1. The van der Waals surface area contributed by atoms with Gasteiger partial charge in [-0.05, 0) is 66.6 Å². The zero-order valence-electron chi connectivity index (χ0n) is 26.6. The summed E-state index contributed by atoms with van der Waals surface area (Å²) in [6.07, 6.45) is -1.80. The van der Waals surface area contributed by atoms with Crippen LogP contribution in [-0.4, -0.2) is 46.7 Å². The summed E-state index contributed by atoms with van der Waals surface area (Å²) in [7, 11) is 0. The van der Waals surface area contributed by atoms with Crippen molar-refractivity contribution in [3.63, 3.8) is 0 Å². The van der Waals surface area contributed by atoms with Crippen LogP contribution in [0.3, 0.4) is 0 Å². The molecule has 0 aliphatic heterocycles. The molecular weight excluding hydrogens is 651 g/mol. The third-order valence-electron chi connectivity index (χ3n) is 7.86. The number of alkyl halides is 3. The largest absolute Gasteiger partial charge is 0.454 e. The number of hydrogen-bond donors (Lipinski definition) is 4. The van der Waals surface area contributed by atoms with Crippen LogP contribution < -0.4 is 36.9 Å². The van der Waals surface area contributed by atoms with E-state index in [1.807, 2.05) is 32.9 Å². The Labute approximate surface area is 279 Å². The summed E-state index contributed by atoms with van der Waals surface area (Å²) >= 11 is 6.03. The first-order valence-electron chi connectivity index (χ1n) is 15.4. The Morgan fingerprint density at radius 1 is 0.938 bits per heavy atom. The number of halogens is 4. The highest BCUT2D eigenvalue weighted by atomic mass is 35.5. The summed E-state index contributed by atoms with van der Waals surface area (Å²) in [5.74, 6) is -0.370. The number of anilines is 4. The van der Waals surface area contributed by atoms with Crippen LogP contribution in [0.25, 0.3) is 0 Å². The van der Waals surface area contributed by atoms with E-state index in [-0.39, 0.29) is 24.3 Å². The molecule has 5 rings (SSSR count). The fraction of sp³-hybridized carbons (Fsp3) is 0.394. The van der Waals surface area contributed by atoms with Gasteiger partial charge in [0.2, 0.25) is 22.8 Å². The third-order valence-corrected chi connectivity index (χ3v) is 8.11. The molecule has 48 heavy (non-hydrogen) atoms. The Morgan fingerprint density at radius 2 is 1.60 bits per heavy atom. The molecule has 1 fully saturated rings. The van der Waals surface area contributed by atoms with Crippen LogP contribution >= 0.6 is 11.6 Å². The Bertz CT molecular complexity index is 1840. The maximum absolute atomic E-state index is 12.9. The van der Waals surface area contributed by atoms with Crippen molar-refractivity contribution < 1.29 is 22.7 Å².